The topological polar surface area (TPSA) is 90.2 Å². The first kappa shape index (κ1) is 22.3. The molecule has 4 bridgehead atoms. The fourth-order valence-corrected chi connectivity index (χ4v) is 7.64. The average molecular weight is 496 g/mol. The highest BCUT2D eigenvalue weighted by molar-refractivity contribution is 7.12. The Morgan fingerprint density at radius 2 is 1.77 bits per heavy atom. The van der Waals surface area contributed by atoms with E-state index in [4.69, 9.17) is 4.74 Å². The van der Waals surface area contributed by atoms with Crippen LogP contribution < -0.4 is 0 Å². The lowest BCUT2D eigenvalue weighted by atomic mass is 9.52. The minimum Gasteiger partial charge on any atom is -0.451 e. The molecule has 8 nitrogen and oxygen atoms in total. The Hall–Kier alpha value is -3.14. The maximum absolute atomic E-state index is 13.7. The first-order chi connectivity index (χ1) is 17.0. The third-order valence-corrected chi connectivity index (χ3v) is 8.77. The Morgan fingerprint density at radius 1 is 1.09 bits per heavy atom. The van der Waals surface area contributed by atoms with Gasteiger partial charge in [-0.15, -0.1) is 16.4 Å². The first-order valence-electron chi connectivity index (χ1n) is 12.0. The van der Waals surface area contributed by atoms with Crippen molar-refractivity contribution in [3.63, 3.8) is 0 Å². The summed E-state index contributed by atoms with van der Waals surface area (Å²) in [6.45, 7) is 0.0480. The number of hydrogen-bond acceptors (Lipinski definition) is 7. The van der Waals surface area contributed by atoms with Crippen LogP contribution in [0.5, 0.6) is 0 Å². The number of benzene rings is 1. The molecule has 4 aliphatic rings. The average Bonchev–Trinajstić information content (AvgIpc) is 3.53. The van der Waals surface area contributed by atoms with E-state index < -0.39 is 5.97 Å². The highest BCUT2D eigenvalue weighted by Gasteiger charge is 2.54. The summed E-state index contributed by atoms with van der Waals surface area (Å²) in [6.07, 6.45) is 8.15. The van der Waals surface area contributed by atoms with E-state index in [1.165, 1.54) is 53.7 Å². The van der Waals surface area contributed by atoms with Gasteiger partial charge in [-0.2, -0.15) is 4.68 Å². The SMILES string of the molecule is O=C(OCC(=O)N(Cc1ccc(F)cc1)C12CC3CC(CC(C3)C1)C2)c1sccc1-n1cnnn1. The second-order valence-corrected chi connectivity index (χ2v) is 11.1. The number of halogens is 1. The van der Waals surface area contributed by atoms with Crippen molar-refractivity contribution in [1.29, 1.82) is 0 Å². The van der Waals surface area contributed by atoms with Crippen LogP contribution in [0.15, 0.2) is 42.0 Å². The van der Waals surface area contributed by atoms with Crippen LogP contribution in [0, 0.1) is 23.6 Å². The fraction of sp³-hybridized carbons (Fsp3) is 0.480. The van der Waals surface area contributed by atoms with E-state index in [-0.39, 0.29) is 23.9 Å². The first-order valence-corrected chi connectivity index (χ1v) is 12.9. The Labute approximate surface area is 206 Å². The number of rotatable bonds is 7. The molecular formula is C25H26FN5O3S. The van der Waals surface area contributed by atoms with Crippen LogP contribution in [-0.2, 0) is 16.1 Å². The smallest absolute Gasteiger partial charge is 0.351 e. The predicted molar refractivity (Wildman–Crippen MR) is 125 cm³/mol. The van der Waals surface area contributed by atoms with Crippen molar-refractivity contribution in [1.82, 2.24) is 25.1 Å². The Morgan fingerprint density at radius 3 is 2.40 bits per heavy atom. The van der Waals surface area contributed by atoms with Crippen molar-refractivity contribution in [3.8, 4) is 5.69 Å². The largest absolute Gasteiger partial charge is 0.451 e. The second-order valence-electron chi connectivity index (χ2n) is 10.2. The number of hydrogen-bond donors (Lipinski definition) is 0. The van der Waals surface area contributed by atoms with Gasteiger partial charge in [0.05, 0.1) is 5.69 Å². The molecule has 0 saturated heterocycles. The van der Waals surface area contributed by atoms with Crippen LogP contribution in [-0.4, -0.2) is 49.1 Å². The quantitative estimate of drug-likeness (QED) is 0.460. The monoisotopic (exact) mass is 495 g/mol. The Kier molecular flexibility index (Phi) is 5.63. The number of ether oxygens (including phenoxy) is 1. The summed E-state index contributed by atoms with van der Waals surface area (Å²) >= 11 is 1.22. The lowest BCUT2D eigenvalue weighted by Crippen LogP contribution is -2.61. The van der Waals surface area contributed by atoms with Gasteiger partial charge in [0.2, 0.25) is 0 Å². The third kappa shape index (κ3) is 4.24. The summed E-state index contributed by atoms with van der Waals surface area (Å²) < 4.78 is 20.4. The molecule has 4 saturated carbocycles. The number of tetrazole rings is 1. The number of esters is 1. The van der Waals surface area contributed by atoms with E-state index in [1.54, 1.807) is 23.6 Å². The van der Waals surface area contributed by atoms with Gasteiger partial charge >= 0.3 is 5.97 Å². The molecule has 0 N–H and O–H groups in total. The fourth-order valence-electron chi connectivity index (χ4n) is 6.87. The van der Waals surface area contributed by atoms with Crippen molar-refractivity contribution in [3.05, 3.63) is 58.3 Å². The molecular weight excluding hydrogens is 469 g/mol. The number of aromatic nitrogens is 4. The molecule has 0 atom stereocenters. The van der Waals surface area contributed by atoms with E-state index >= 15 is 0 Å². The highest BCUT2D eigenvalue weighted by Crippen LogP contribution is 2.58. The van der Waals surface area contributed by atoms with Gasteiger partial charge < -0.3 is 9.64 Å². The van der Waals surface area contributed by atoms with Gasteiger partial charge in [0.15, 0.2) is 6.61 Å². The maximum atomic E-state index is 13.7. The summed E-state index contributed by atoms with van der Waals surface area (Å²) in [5.74, 6) is 0.868. The van der Waals surface area contributed by atoms with Crippen LogP contribution in [0.4, 0.5) is 4.39 Å². The molecule has 10 heteroatoms. The minimum absolute atomic E-state index is 0.204. The van der Waals surface area contributed by atoms with Crippen LogP contribution in [0.2, 0.25) is 0 Å². The van der Waals surface area contributed by atoms with E-state index in [9.17, 15) is 14.0 Å². The van der Waals surface area contributed by atoms with E-state index in [1.807, 2.05) is 4.90 Å². The van der Waals surface area contributed by atoms with Gasteiger partial charge in [0, 0.05) is 12.1 Å². The molecule has 1 aromatic carbocycles. The van der Waals surface area contributed by atoms with Crippen molar-refractivity contribution >= 4 is 23.2 Å². The molecule has 0 spiro atoms. The predicted octanol–water partition coefficient (Wildman–Crippen LogP) is 4.02. The van der Waals surface area contributed by atoms with Crippen molar-refractivity contribution < 1.29 is 18.7 Å². The van der Waals surface area contributed by atoms with Gasteiger partial charge in [0.25, 0.3) is 5.91 Å². The normalized spacial score (nSPS) is 26.6. The summed E-state index contributed by atoms with van der Waals surface area (Å²) in [5, 5.41) is 12.8. The molecule has 4 aliphatic carbocycles. The lowest BCUT2D eigenvalue weighted by Gasteiger charge is -2.60. The second kappa shape index (κ2) is 8.82. The van der Waals surface area contributed by atoms with Gasteiger partial charge in [0.1, 0.15) is 17.0 Å². The molecule has 3 aromatic rings. The van der Waals surface area contributed by atoms with Gasteiger partial charge in [-0.1, -0.05) is 12.1 Å². The summed E-state index contributed by atoms with van der Waals surface area (Å²) in [7, 11) is 0. The zero-order valence-corrected chi connectivity index (χ0v) is 20.0. The lowest BCUT2D eigenvalue weighted by molar-refractivity contribution is -0.155. The molecule has 2 aromatic heterocycles. The van der Waals surface area contributed by atoms with Crippen LogP contribution in [0.1, 0.15) is 53.8 Å². The summed E-state index contributed by atoms with van der Waals surface area (Å²) in [4.78, 5) is 28.8. The molecule has 1 amide bonds. The van der Waals surface area contributed by atoms with E-state index in [0.29, 0.717) is 34.9 Å². The van der Waals surface area contributed by atoms with Crippen molar-refractivity contribution in [2.24, 2.45) is 17.8 Å². The zero-order chi connectivity index (χ0) is 24.0. The Balaban J connectivity index is 1.22. The third-order valence-electron chi connectivity index (χ3n) is 7.89. The van der Waals surface area contributed by atoms with Crippen LogP contribution in [0.3, 0.4) is 0 Å². The number of nitrogens with zero attached hydrogens (tertiary/aromatic N) is 5. The number of carbonyl (C=O) groups excluding carboxylic acids is 2. The summed E-state index contributed by atoms with van der Waals surface area (Å²) in [5.41, 5.74) is 1.18. The number of thiophene rings is 1. The molecule has 0 radical (unpaired) electrons. The molecule has 4 fully saturated rings. The summed E-state index contributed by atoms with van der Waals surface area (Å²) in [6, 6.07) is 8.04. The molecule has 2 heterocycles. The molecule has 0 aliphatic heterocycles. The molecule has 35 heavy (non-hydrogen) atoms. The zero-order valence-electron chi connectivity index (χ0n) is 19.2. The standard InChI is InChI=1S/C25H26FN5O3S/c26-20-3-1-16(2-4-20)13-30(25-10-17-7-18(11-25)9-19(8-17)12-25)22(32)14-34-24(33)23-21(5-6-35-23)31-15-27-28-29-31/h1-6,15,17-19H,7-14H2. The van der Waals surface area contributed by atoms with Crippen LogP contribution in [0.25, 0.3) is 5.69 Å². The molecule has 7 rings (SSSR count). The minimum atomic E-state index is -0.578. The molecule has 0 unspecified atom stereocenters. The van der Waals surface area contributed by atoms with E-state index in [2.05, 4.69) is 15.5 Å². The van der Waals surface area contributed by atoms with Crippen molar-refractivity contribution in [2.75, 3.05) is 6.61 Å². The Bertz CT molecular complexity index is 1190. The molecule has 182 valence electrons. The number of amides is 1. The van der Waals surface area contributed by atoms with Crippen molar-refractivity contribution in [2.45, 2.75) is 50.6 Å². The van der Waals surface area contributed by atoms with E-state index in [0.717, 1.165) is 24.8 Å². The van der Waals surface area contributed by atoms with Gasteiger partial charge in [-0.25, -0.2) is 9.18 Å². The maximum Gasteiger partial charge on any atom is 0.351 e. The van der Waals surface area contributed by atoms with Gasteiger partial charge in [-0.05, 0) is 95.8 Å². The van der Waals surface area contributed by atoms with Crippen LogP contribution >= 0.6 is 11.3 Å². The van der Waals surface area contributed by atoms with Gasteiger partial charge in [-0.3, -0.25) is 4.79 Å². The number of carbonyl (C=O) groups is 2. The highest BCUT2D eigenvalue weighted by atomic mass is 32.1.